The number of piperazine rings is 1. The Morgan fingerprint density at radius 2 is 1.67 bits per heavy atom. The van der Waals surface area contributed by atoms with E-state index in [2.05, 4.69) is 4.98 Å². The van der Waals surface area contributed by atoms with Crippen LogP contribution in [-0.2, 0) is 16.1 Å². The summed E-state index contributed by atoms with van der Waals surface area (Å²) in [4.78, 5) is 41.4. The van der Waals surface area contributed by atoms with Crippen molar-refractivity contribution < 1.29 is 9.59 Å². The molecule has 1 N–H and O–H groups in total. The molecule has 1 aromatic rings. The number of aryl methyl sites for hydroxylation is 1. The van der Waals surface area contributed by atoms with Crippen molar-refractivity contribution >= 4 is 11.8 Å². The van der Waals surface area contributed by atoms with Gasteiger partial charge in [-0.3, -0.25) is 14.2 Å². The van der Waals surface area contributed by atoms with Gasteiger partial charge in [0.25, 0.3) is 0 Å². The van der Waals surface area contributed by atoms with Crippen LogP contribution in [0.25, 0.3) is 0 Å². The molecule has 1 fully saturated rings. The highest BCUT2D eigenvalue weighted by Gasteiger charge is 2.22. The highest BCUT2D eigenvalue weighted by atomic mass is 16.2. The van der Waals surface area contributed by atoms with Crippen LogP contribution < -0.4 is 5.69 Å². The molecule has 0 bridgehead atoms. The predicted molar refractivity (Wildman–Crippen MR) is 78.0 cm³/mol. The van der Waals surface area contributed by atoms with Gasteiger partial charge in [-0.05, 0) is 13.8 Å². The number of carbonyl (C=O) groups is 2. The Morgan fingerprint density at radius 3 is 2.14 bits per heavy atom. The fraction of sp³-hybridized carbons (Fsp3) is 0.643. The molecule has 2 heterocycles. The number of imidazole rings is 1. The normalized spacial score (nSPS) is 15.4. The van der Waals surface area contributed by atoms with Crippen LogP contribution in [0.1, 0.15) is 24.7 Å². The van der Waals surface area contributed by atoms with Crippen LogP contribution in [-0.4, -0.2) is 57.3 Å². The van der Waals surface area contributed by atoms with Crippen LogP contribution in [0.4, 0.5) is 0 Å². The van der Waals surface area contributed by atoms with Gasteiger partial charge in [0, 0.05) is 57.5 Å². The summed E-state index contributed by atoms with van der Waals surface area (Å²) in [7, 11) is 0. The number of nitrogens with one attached hydrogen (secondary N) is 1. The van der Waals surface area contributed by atoms with Crippen molar-refractivity contribution in [2.75, 3.05) is 26.2 Å². The summed E-state index contributed by atoms with van der Waals surface area (Å²) < 4.78 is 1.60. The van der Waals surface area contributed by atoms with Crippen LogP contribution in [0.2, 0.25) is 0 Å². The Balaban J connectivity index is 1.88. The highest BCUT2D eigenvalue weighted by molar-refractivity contribution is 5.77. The Bertz CT molecular complexity index is 594. The molecule has 2 amide bonds. The second kappa shape index (κ2) is 6.15. The maximum atomic E-state index is 12.2. The second-order valence-electron chi connectivity index (χ2n) is 5.43. The van der Waals surface area contributed by atoms with Gasteiger partial charge in [-0.2, -0.15) is 0 Å². The first-order chi connectivity index (χ1) is 9.90. The lowest BCUT2D eigenvalue weighted by atomic mass is 10.2. The first-order valence-corrected chi connectivity index (χ1v) is 7.19. The average Bonchev–Trinajstić information content (AvgIpc) is 2.70. The molecule has 0 unspecified atom stereocenters. The molecule has 21 heavy (non-hydrogen) atoms. The number of hydrogen-bond acceptors (Lipinski definition) is 3. The number of aromatic nitrogens is 2. The average molecular weight is 294 g/mol. The third-order valence-electron chi connectivity index (χ3n) is 4.11. The highest BCUT2D eigenvalue weighted by Crippen LogP contribution is 2.06. The molecule has 1 aliphatic heterocycles. The Kier molecular flexibility index (Phi) is 4.50. The number of carbonyl (C=O) groups excluding carboxylic acids is 2. The summed E-state index contributed by atoms with van der Waals surface area (Å²) in [6, 6.07) is 0. The zero-order valence-corrected chi connectivity index (χ0v) is 12.8. The van der Waals surface area contributed by atoms with Gasteiger partial charge in [0.2, 0.25) is 11.8 Å². The minimum Gasteiger partial charge on any atom is -0.339 e. The van der Waals surface area contributed by atoms with Gasteiger partial charge in [0.05, 0.1) is 0 Å². The van der Waals surface area contributed by atoms with Crippen molar-refractivity contribution in [1.82, 2.24) is 19.4 Å². The molecule has 116 valence electrons. The quantitative estimate of drug-likeness (QED) is 0.844. The zero-order valence-electron chi connectivity index (χ0n) is 12.8. The lowest BCUT2D eigenvalue weighted by Crippen LogP contribution is -2.50. The van der Waals surface area contributed by atoms with Crippen molar-refractivity contribution in [3.63, 3.8) is 0 Å². The Hall–Kier alpha value is -2.05. The first kappa shape index (κ1) is 15.3. The monoisotopic (exact) mass is 294 g/mol. The van der Waals surface area contributed by atoms with E-state index in [9.17, 15) is 14.4 Å². The fourth-order valence-corrected chi connectivity index (χ4v) is 2.58. The molecule has 0 aromatic carbocycles. The van der Waals surface area contributed by atoms with Gasteiger partial charge >= 0.3 is 5.69 Å². The van der Waals surface area contributed by atoms with Gasteiger partial charge in [-0.25, -0.2) is 4.79 Å². The molecule has 2 rings (SSSR count). The van der Waals surface area contributed by atoms with E-state index in [1.807, 2.05) is 13.8 Å². The molecular formula is C14H22N4O3. The van der Waals surface area contributed by atoms with Crippen molar-refractivity contribution in [2.24, 2.45) is 0 Å². The number of H-pyrrole nitrogens is 1. The van der Waals surface area contributed by atoms with Gasteiger partial charge in [0.1, 0.15) is 0 Å². The van der Waals surface area contributed by atoms with E-state index in [4.69, 9.17) is 0 Å². The molecule has 0 saturated carbocycles. The number of aromatic amines is 1. The summed E-state index contributed by atoms with van der Waals surface area (Å²) in [5, 5.41) is 0. The van der Waals surface area contributed by atoms with Gasteiger partial charge in [0.15, 0.2) is 0 Å². The van der Waals surface area contributed by atoms with Crippen LogP contribution in [0, 0.1) is 13.8 Å². The van der Waals surface area contributed by atoms with Gasteiger partial charge < -0.3 is 14.8 Å². The zero-order chi connectivity index (χ0) is 15.6. The smallest absolute Gasteiger partial charge is 0.325 e. The van der Waals surface area contributed by atoms with Gasteiger partial charge in [-0.1, -0.05) is 0 Å². The van der Waals surface area contributed by atoms with E-state index < -0.39 is 0 Å². The molecule has 7 nitrogen and oxygen atoms in total. The topological polar surface area (TPSA) is 78.4 Å². The van der Waals surface area contributed by atoms with E-state index in [0.29, 0.717) is 39.1 Å². The molecule has 1 aliphatic rings. The molecule has 0 aliphatic carbocycles. The largest absolute Gasteiger partial charge is 0.339 e. The maximum Gasteiger partial charge on any atom is 0.325 e. The SMILES string of the molecule is CC(=O)N1CCN(C(=O)CCn2c(C)c(C)[nH]c2=O)CC1. The number of hydrogen-bond donors (Lipinski definition) is 1. The van der Waals surface area contributed by atoms with E-state index in [1.54, 1.807) is 21.3 Å². The third-order valence-corrected chi connectivity index (χ3v) is 4.11. The molecule has 0 atom stereocenters. The first-order valence-electron chi connectivity index (χ1n) is 7.19. The summed E-state index contributed by atoms with van der Waals surface area (Å²) in [5.74, 6) is 0.0791. The maximum absolute atomic E-state index is 12.2. The Morgan fingerprint density at radius 1 is 1.10 bits per heavy atom. The number of amides is 2. The summed E-state index contributed by atoms with van der Waals surface area (Å²) in [6.07, 6.45) is 0.304. The molecule has 7 heteroatoms. The number of rotatable bonds is 3. The van der Waals surface area contributed by atoms with E-state index in [-0.39, 0.29) is 17.5 Å². The Labute approximate surface area is 123 Å². The summed E-state index contributed by atoms with van der Waals surface area (Å²) in [6.45, 7) is 7.95. The van der Waals surface area contributed by atoms with Crippen LogP contribution >= 0.6 is 0 Å². The van der Waals surface area contributed by atoms with E-state index in [1.165, 1.54) is 0 Å². The van der Waals surface area contributed by atoms with Crippen molar-refractivity contribution in [3.05, 3.63) is 21.9 Å². The molecule has 0 spiro atoms. The van der Waals surface area contributed by atoms with Crippen LogP contribution in [0.15, 0.2) is 4.79 Å². The fourth-order valence-electron chi connectivity index (χ4n) is 2.58. The molecular weight excluding hydrogens is 272 g/mol. The minimum atomic E-state index is -0.167. The third kappa shape index (κ3) is 3.34. The van der Waals surface area contributed by atoms with E-state index >= 15 is 0 Å². The van der Waals surface area contributed by atoms with Crippen LogP contribution in [0.5, 0.6) is 0 Å². The summed E-state index contributed by atoms with van der Waals surface area (Å²) >= 11 is 0. The van der Waals surface area contributed by atoms with Crippen molar-refractivity contribution in [2.45, 2.75) is 33.7 Å². The second-order valence-corrected chi connectivity index (χ2v) is 5.43. The minimum absolute atomic E-state index is 0.0309. The predicted octanol–water partition coefficient (Wildman–Crippen LogP) is -0.126. The van der Waals surface area contributed by atoms with Crippen LogP contribution in [0.3, 0.4) is 0 Å². The van der Waals surface area contributed by atoms with Gasteiger partial charge in [-0.15, -0.1) is 0 Å². The summed E-state index contributed by atoms with van der Waals surface area (Å²) in [5.41, 5.74) is 1.54. The molecule has 0 radical (unpaired) electrons. The standard InChI is InChI=1S/C14H22N4O3/c1-10-11(2)18(14(21)15-10)5-4-13(20)17-8-6-16(7-9-17)12(3)19/h4-9H2,1-3H3,(H,15,21). The lowest BCUT2D eigenvalue weighted by molar-refractivity contribution is -0.138. The van der Waals surface area contributed by atoms with Crippen molar-refractivity contribution in [3.8, 4) is 0 Å². The molecule has 1 saturated heterocycles. The molecule has 1 aromatic heterocycles. The number of nitrogens with zero attached hydrogens (tertiary/aromatic N) is 3. The van der Waals surface area contributed by atoms with E-state index in [0.717, 1.165) is 11.4 Å². The van der Waals surface area contributed by atoms with Crippen molar-refractivity contribution in [1.29, 1.82) is 0 Å². The lowest BCUT2D eigenvalue weighted by Gasteiger charge is -2.34.